The predicted octanol–water partition coefficient (Wildman–Crippen LogP) is 2.54. The van der Waals surface area contributed by atoms with Crippen LogP contribution >= 0.6 is 0 Å². The molecule has 0 atom stereocenters. The Morgan fingerprint density at radius 1 is 0.654 bits per heavy atom. The van der Waals surface area contributed by atoms with Crippen LogP contribution in [-0.2, 0) is 9.47 Å². The number of rotatable bonds is 4. The van der Waals surface area contributed by atoms with Crippen LogP contribution in [0.15, 0.2) is 24.3 Å². The van der Waals surface area contributed by atoms with Gasteiger partial charge in [0.15, 0.2) is 0 Å². The van der Waals surface area contributed by atoms with Crippen molar-refractivity contribution in [1.29, 1.82) is 0 Å². The lowest BCUT2D eigenvalue weighted by molar-refractivity contribution is 0.0183. The SMILES string of the molecule is NC1CCC(OC(=O)c2ccc(C(=O)OC3CCC(N)CC3)cc2)CC1. The summed E-state index contributed by atoms with van der Waals surface area (Å²) >= 11 is 0. The van der Waals surface area contributed by atoms with E-state index in [0.717, 1.165) is 51.4 Å². The van der Waals surface area contributed by atoms with Crippen molar-refractivity contribution in [3.63, 3.8) is 0 Å². The van der Waals surface area contributed by atoms with Crippen LogP contribution in [0, 0.1) is 0 Å². The number of carbonyl (C=O) groups is 2. The summed E-state index contributed by atoms with van der Waals surface area (Å²) in [5.74, 6) is -0.710. The first-order chi connectivity index (χ1) is 12.5. The van der Waals surface area contributed by atoms with Gasteiger partial charge in [-0.2, -0.15) is 0 Å². The van der Waals surface area contributed by atoms with Crippen molar-refractivity contribution in [2.75, 3.05) is 0 Å². The molecule has 2 fully saturated rings. The van der Waals surface area contributed by atoms with Crippen molar-refractivity contribution >= 4 is 11.9 Å². The third kappa shape index (κ3) is 5.05. The minimum absolute atomic E-state index is 0.0652. The van der Waals surface area contributed by atoms with E-state index in [2.05, 4.69) is 0 Å². The van der Waals surface area contributed by atoms with Crippen LogP contribution in [0.25, 0.3) is 0 Å². The quantitative estimate of drug-likeness (QED) is 0.800. The fraction of sp³-hybridized carbons (Fsp3) is 0.600. The van der Waals surface area contributed by atoms with Gasteiger partial charge < -0.3 is 20.9 Å². The second-order valence-electron chi connectivity index (χ2n) is 7.46. The van der Waals surface area contributed by atoms with Crippen molar-refractivity contribution in [3.05, 3.63) is 35.4 Å². The second kappa shape index (κ2) is 8.64. The first kappa shape index (κ1) is 18.9. The molecule has 0 aromatic heterocycles. The average molecular weight is 360 g/mol. The molecule has 6 nitrogen and oxygen atoms in total. The first-order valence-corrected chi connectivity index (χ1v) is 9.54. The average Bonchev–Trinajstić information content (AvgIpc) is 2.65. The first-order valence-electron chi connectivity index (χ1n) is 9.54. The van der Waals surface area contributed by atoms with Gasteiger partial charge in [0.2, 0.25) is 0 Å². The second-order valence-corrected chi connectivity index (χ2v) is 7.46. The van der Waals surface area contributed by atoms with E-state index in [9.17, 15) is 9.59 Å². The molecule has 4 N–H and O–H groups in total. The number of benzene rings is 1. The number of ether oxygens (including phenoxy) is 2. The Balaban J connectivity index is 1.51. The van der Waals surface area contributed by atoms with Gasteiger partial charge in [-0.15, -0.1) is 0 Å². The van der Waals surface area contributed by atoms with Crippen LogP contribution in [0.4, 0.5) is 0 Å². The molecule has 0 saturated heterocycles. The van der Waals surface area contributed by atoms with Gasteiger partial charge in [0.1, 0.15) is 12.2 Å². The van der Waals surface area contributed by atoms with Gasteiger partial charge in [-0.1, -0.05) is 0 Å². The normalized spacial score (nSPS) is 29.0. The Hall–Kier alpha value is -1.92. The van der Waals surface area contributed by atoms with E-state index >= 15 is 0 Å². The molecule has 2 saturated carbocycles. The minimum Gasteiger partial charge on any atom is -0.459 e. The molecule has 3 rings (SSSR count). The summed E-state index contributed by atoms with van der Waals surface area (Å²) in [7, 11) is 0. The summed E-state index contributed by atoms with van der Waals surface area (Å²) in [6, 6.07) is 6.90. The Morgan fingerprint density at radius 2 is 0.962 bits per heavy atom. The van der Waals surface area contributed by atoms with Gasteiger partial charge in [-0.05, 0) is 75.6 Å². The molecule has 1 aromatic carbocycles. The Labute approximate surface area is 154 Å². The fourth-order valence-electron chi connectivity index (χ4n) is 3.59. The number of nitrogens with two attached hydrogens (primary N) is 2. The molecule has 1 aromatic rings. The standard InChI is InChI=1S/C20H28N2O4/c21-15-5-9-17(10-6-15)25-19(23)13-1-2-14(4-3-13)20(24)26-18-11-7-16(22)8-12-18/h1-4,15-18H,5-12,21-22H2. The molecule has 6 heteroatoms. The summed E-state index contributed by atoms with van der Waals surface area (Å²) in [5, 5.41) is 0. The highest BCUT2D eigenvalue weighted by molar-refractivity contribution is 5.93. The smallest absolute Gasteiger partial charge is 0.338 e. The van der Waals surface area contributed by atoms with Gasteiger partial charge in [-0.25, -0.2) is 9.59 Å². The van der Waals surface area contributed by atoms with Crippen LogP contribution in [-0.4, -0.2) is 36.2 Å². The molecule has 0 bridgehead atoms. The zero-order valence-electron chi connectivity index (χ0n) is 15.1. The molecule has 142 valence electrons. The van der Waals surface area contributed by atoms with Crippen LogP contribution in [0.5, 0.6) is 0 Å². The lowest BCUT2D eigenvalue weighted by atomic mass is 9.93. The highest BCUT2D eigenvalue weighted by Crippen LogP contribution is 2.22. The van der Waals surface area contributed by atoms with Crippen LogP contribution in [0.2, 0.25) is 0 Å². The van der Waals surface area contributed by atoms with E-state index in [0.29, 0.717) is 11.1 Å². The van der Waals surface area contributed by atoms with E-state index < -0.39 is 0 Å². The lowest BCUT2D eigenvalue weighted by Gasteiger charge is -2.26. The molecular formula is C20H28N2O4. The summed E-state index contributed by atoms with van der Waals surface area (Å²) in [6.45, 7) is 0. The molecule has 26 heavy (non-hydrogen) atoms. The molecule has 0 spiro atoms. The van der Waals surface area contributed by atoms with Gasteiger partial charge in [0.25, 0.3) is 0 Å². The van der Waals surface area contributed by atoms with E-state index in [1.807, 2.05) is 0 Å². The minimum atomic E-state index is -0.355. The molecule has 0 unspecified atom stereocenters. The third-order valence-electron chi connectivity index (χ3n) is 5.34. The van der Waals surface area contributed by atoms with E-state index in [-0.39, 0.29) is 36.2 Å². The van der Waals surface area contributed by atoms with Gasteiger partial charge in [-0.3, -0.25) is 0 Å². The Kier molecular flexibility index (Phi) is 6.27. The maximum absolute atomic E-state index is 12.2. The van der Waals surface area contributed by atoms with E-state index in [1.54, 1.807) is 24.3 Å². The van der Waals surface area contributed by atoms with Crippen molar-refractivity contribution < 1.29 is 19.1 Å². The molecule has 2 aliphatic rings. The molecule has 2 aliphatic carbocycles. The van der Waals surface area contributed by atoms with E-state index in [4.69, 9.17) is 20.9 Å². The van der Waals surface area contributed by atoms with E-state index in [1.165, 1.54) is 0 Å². The number of hydrogen-bond donors (Lipinski definition) is 2. The largest absolute Gasteiger partial charge is 0.459 e. The Bertz CT molecular complexity index is 560. The number of hydrogen-bond acceptors (Lipinski definition) is 6. The summed E-state index contributed by atoms with van der Waals surface area (Å²) in [5.41, 5.74) is 12.6. The maximum atomic E-state index is 12.2. The summed E-state index contributed by atoms with van der Waals surface area (Å²) in [6.07, 6.45) is 6.64. The molecule has 0 heterocycles. The zero-order chi connectivity index (χ0) is 18.5. The molecular weight excluding hydrogens is 332 g/mol. The predicted molar refractivity (Wildman–Crippen MR) is 97.7 cm³/mol. The Morgan fingerprint density at radius 3 is 1.27 bits per heavy atom. The summed E-state index contributed by atoms with van der Waals surface area (Å²) in [4.78, 5) is 24.5. The van der Waals surface area contributed by atoms with Crippen molar-refractivity contribution in [3.8, 4) is 0 Å². The molecule has 0 radical (unpaired) electrons. The maximum Gasteiger partial charge on any atom is 0.338 e. The van der Waals surface area contributed by atoms with Crippen molar-refractivity contribution in [2.45, 2.75) is 75.7 Å². The van der Waals surface area contributed by atoms with Gasteiger partial charge in [0.05, 0.1) is 11.1 Å². The highest BCUT2D eigenvalue weighted by atomic mass is 16.5. The third-order valence-corrected chi connectivity index (χ3v) is 5.34. The van der Waals surface area contributed by atoms with Crippen LogP contribution in [0.3, 0.4) is 0 Å². The summed E-state index contributed by atoms with van der Waals surface area (Å²) < 4.78 is 11.1. The molecule has 0 aliphatic heterocycles. The highest BCUT2D eigenvalue weighted by Gasteiger charge is 2.24. The van der Waals surface area contributed by atoms with Crippen LogP contribution in [0.1, 0.15) is 72.1 Å². The van der Waals surface area contributed by atoms with Crippen molar-refractivity contribution in [1.82, 2.24) is 0 Å². The van der Waals surface area contributed by atoms with Crippen molar-refractivity contribution in [2.24, 2.45) is 11.5 Å². The number of esters is 2. The fourth-order valence-corrected chi connectivity index (χ4v) is 3.59. The lowest BCUT2D eigenvalue weighted by Crippen LogP contribution is -2.31. The van der Waals surface area contributed by atoms with Gasteiger partial charge in [0, 0.05) is 12.1 Å². The topological polar surface area (TPSA) is 105 Å². The van der Waals surface area contributed by atoms with Gasteiger partial charge >= 0.3 is 11.9 Å². The number of carbonyl (C=O) groups excluding carboxylic acids is 2. The van der Waals surface area contributed by atoms with Crippen LogP contribution < -0.4 is 11.5 Å². The monoisotopic (exact) mass is 360 g/mol. The molecule has 0 amide bonds. The zero-order valence-corrected chi connectivity index (χ0v) is 15.1.